The van der Waals surface area contributed by atoms with Gasteiger partial charge in [-0.3, -0.25) is 39.0 Å². The van der Waals surface area contributed by atoms with Gasteiger partial charge in [0.05, 0.1) is 29.4 Å². The van der Waals surface area contributed by atoms with Crippen molar-refractivity contribution in [2.24, 2.45) is 5.92 Å². The summed E-state index contributed by atoms with van der Waals surface area (Å²) in [6, 6.07) is 11.1. The highest BCUT2D eigenvalue weighted by atomic mass is 35.5. The summed E-state index contributed by atoms with van der Waals surface area (Å²) in [5.41, 5.74) is 1.47. The fourth-order valence-electron chi connectivity index (χ4n) is 7.39. The van der Waals surface area contributed by atoms with Gasteiger partial charge in [-0.15, -0.1) is 0 Å². The van der Waals surface area contributed by atoms with Crippen LogP contribution in [0.4, 0.5) is 17.5 Å². The van der Waals surface area contributed by atoms with E-state index < -0.39 is 29.7 Å². The number of nitrogens with zero attached hydrogens (tertiary/aromatic N) is 5. The number of piperidine rings is 2. The molecule has 2 atom stereocenters. The average Bonchev–Trinajstić information content (AvgIpc) is 3.99. The summed E-state index contributed by atoms with van der Waals surface area (Å²) < 4.78 is 13.6. The van der Waals surface area contributed by atoms with Gasteiger partial charge < -0.3 is 24.3 Å². The Hall–Kier alpha value is -5.83. The number of pyridine rings is 1. The summed E-state index contributed by atoms with van der Waals surface area (Å²) in [6.45, 7) is 3.10. The number of carbonyl (C=O) groups is 5. The van der Waals surface area contributed by atoms with Crippen LogP contribution in [0.5, 0.6) is 11.5 Å². The van der Waals surface area contributed by atoms with Crippen molar-refractivity contribution in [3.8, 4) is 11.5 Å². The van der Waals surface area contributed by atoms with Crippen LogP contribution in [0.2, 0.25) is 5.02 Å². The van der Waals surface area contributed by atoms with Crippen LogP contribution in [0.1, 0.15) is 78.6 Å². The molecule has 0 bridgehead atoms. The van der Waals surface area contributed by atoms with E-state index in [2.05, 4.69) is 15.6 Å². The number of carbonyl (C=O) groups excluding carboxylic acids is 5. The number of hydrogen-bond donors (Lipinski definition) is 2. The van der Waals surface area contributed by atoms with Crippen LogP contribution >= 0.6 is 11.6 Å². The Balaban J connectivity index is 0.961. The highest BCUT2D eigenvalue weighted by molar-refractivity contribution is 6.33. The molecule has 2 aromatic carbocycles. The average molecular weight is 768 g/mol. The van der Waals surface area contributed by atoms with Gasteiger partial charge in [-0.25, -0.2) is 4.98 Å². The van der Waals surface area contributed by atoms with E-state index in [4.69, 9.17) is 26.1 Å². The van der Waals surface area contributed by atoms with Gasteiger partial charge in [0.2, 0.25) is 17.8 Å². The molecule has 8 rings (SSSR count). The summed E-state index contributed by atoms with van der Waals surface area (Å²) in [5.74, 6) is -1.11. The van der Waals surface area contributed by atoms with Crippen molar-refractivity contribution < 1.29 is 33.4 Å². The number of benzene rings is 2. The van der Waals surface area contributed by atoms with Crippen LogP contribution in [-0.2, 0) is 14.4 Å². The highest BCUT2D eigenvalue weighted by Gasteiger charge is 2.46. The fraction of sp³-hybridized carbons (Fsp3) is 0.385. The third-order valence-corrected chi connectivity index (χ3v) is 10.7. The van der Waals surface area contributed by atoms with Crippen LogP contribution in [-0.4, -0.2) is 81.2 Å². The van der Waals surface area contributed by atoms with Gasteiger partial charge in [0.15, 0.2) is 17.4 Å². The molecule has 4 amide bonds. The third-order valence-electron chi connectivity index (χ3n) is 10.4. The molecular formula is C39H38ClN7O8. The predicted octanol–water partition coefficient (Wildman–Crippen LogP) is 4.58. The van der Waals surface area contributed by atoms with Crippen LogP contribution < -0.4 is 30.6 Å². The first kappa shape index (κ1) is 36.2. The fourth-order valence-corrected chi connectivity index (χ4v) is 7.52. The Morgan fingerprint density at radius 3 is 2.62 bits per heavy atom. The monoisotopic (exact) mass is 767 g/mol. The minimum atomic E-state index is -1.06. The van der Waals surface area contributed by atoms with Gasteiger partial charge in [0.1, 0.15) is 23.4 Å². The lowest BCUT2D eigenvalue weighted by molar-refractivity contribution is -0.136. The SMILES string of the molecule is CCC(=O)COc1cc2cc(Nc3nc(N4CCC[C@H](COc5cccc6c5C(=O)N(C5CCC(=O)NC5=O)C6=O)C4)ncc3Cl)ccc2n(C2CC2)c1=O. The zero-order valence-electron chi connectivity index (χ0n) is 30.0. The number of Topliss-reactive ketones (excluding diaryl/α,β-unsaturated/α-hetero) is 1. The highest BCUT2D eigenvalue weighted by Crippen LogP contribution is 2.38. The Kier molecular flexibility index (Phi) is 9.71. The quantitative estimate of drug-likeness (QED) is 0.192. The number of hydrogen-bond acceptors (Lipinski definition) is 12. The number of ketones is 1. The molecule has 16 heteroatoms. The van der Waals surface area contributed by atoms with Crippen LogP contribution in [0, 0.1) is 5.92 Å². The number of halogens is 1. The second-order valence-electron chi connectivity index (χ2n) is 14.3. The van der Waals surface area contributed by atoms with Gasteiger partial charge in [0.25, 0.3) is 17.4 Å². The lowest BCUT2D eigenvalue weighted by atomic mass is 9.99. The summed E-state index contributed by atoms with van der Waals surface area (Å²) in [4.78, 5) is 88.4. The molecule has 0 radical (unpaired) electrons. The second kappa shape index (κ2) is 14.8. The van der Waals surface area contributed by atoms with E-state index in [1.54, 1.807) is 35.9 Å². The normalized spacial score (nSPS) is 19.7. The molecule has 1 aliphatic carbocycles. The molecule has 2 saturated heterocycles. The third kappa shape index (κ3) is 7.11. The number of imide groups is 2. The van der Waals surface area contributed by atoms with Crippen LogP contribution in [0.3, 0.4) is 0 Å². The molecule has 4 aliphatic rings. The van der Waals surface area contributed by atoms with E-state index in [0.717, 1.165) is 41.5 Å². The topological polar surface area (TPSA) is 182 Å². The van der Waals surface area contributed by atoms with Gasteiger partial charge in [-0.05, 0) is 68.5 Å². The molecule has 1 unspecified atom stereocenters. The number of rotatable bonds is 12. The van der Waals surface area contributed by atoms with Crippen molar-refractivity contribution >= 4 is 69.4 Å². The molecule has 3 aliphatic heterocycles. The molecule has 5 heterocycles. The van der Waals surface area contributed by atoms with Gasteiger partial charge in [-0.2, -0.15) is 4.98 Å². The number of nitrogens with one attached hydrogen (secondary N) is 2. The summed E-state index contributed by atoms with van der Waals surface area (Å²) in [7, 11) is 0. The molecule has 4 aromatic rings. The van der Waals surface area contributed by atoms with E-state index in [9.17, 15) is 28.8 Å². The van der Waals surface area contributed by atoms with Crippen molar-refractivity contribution in [1.82, 2.24) is 24.8 Å². The van der Waals surface area contributed by atoms with Gasteiger partial charge in [0, 0.05) is 49.0 Å². The molecule has 15 nitrogen and oxygen atoms in total. The van der Waals surface area contributed by atoms with Crippen LogP contribution in [0.25, 0.3) is 10.9 Å². The van der Waals surface area contributed by atoms with Crippen molar-refractivity contribution in [2.75, 3.05) is 36.5 Å². The first-order valence-electron chi connectivity index (χ1n) is 18.4. The van der Waals surface area contributed by atoms with E-state index in [1.807, 2.05) is 23.1 Å². The molecule has 3 fully saturated rings. The van der Waals surface area contributed by atoms with E-state index >= 15 is 0 Å². The van der Waals surface area contributed by atoms with E-state index in [0.29, 0.717) is 42.0 Å². The van der Waals surface area contributed by atoms with Crippen molar-refractivity contribution in [3.63, 3.8) is 0 Å². The Bertz CT molecular complexity index is 2330. The van der Waals surface area contributed by atoms with Gasteiger partial charge in [-0.1, -0.05) is 24.6 Å². The first-order chi connectivity index (χ1) is 26.6. The molecule has 1 saturated carbocycles. The Morgan fingerprint density at radius 2 is 1.84 bits per heavy atom. The zero-order chi connectivity index (χ0) is 38.4. The molecular weight excluding hydrogens is 730 g/mol. The summed E-state index contributed by atoms with van der Waals surface area (Å²) >= 11 is 6.58. The van der Waals surface area contributed by atoms with Gasteiger partial charge >= 0.3 is 0 Å². The van der Waals surface area contributed by atoms with E-state index in [1.165, 1.54) is 6.07 Å². The maximum Gasteiger partial charge on any atom is 0.293 e. The minimum absolute atomic E-state index is 0.0346. The van der Waals surface area contributed by atoms with Crippen molar-refractivity contribution in [3.05, 3.63) is 75.2 Å². The number of fused-ring (bicyclic) bond motifs is 2. The smallest absolute Gasteiger partial charge is 0.293 e. The molecule has 284 valence electrons. The zero-order valence-corrected chi connectivity index (χ0v) is 30.8. The molecule has 0 spiro atoms. The number of amides is 4. The largest absolute Gasteiger partial charge is 0.492 e. The Labute approximate surface area is 319 Å². The maximum atomic E-state index is 13.5. The molecule has 2 N–H and O–H groups in total. The second-order valence-corrected chi connectivity index (χ2v) is 14.7. The summed E-state index contributed by atoms with van der Waals surface area (Å²) in [6.07, 6.45) is 5.44. The first-order valence-corrected chi connectivity index (χ1v) is 18.8. The molecule has 2 aromatic heterocycles. The standard InChI is InChI=1S/C39H38ClN7O8/c1-2-25(48)20-55-31-16-22-15-23(8-11-28(22)46(37(31)52)24-9-10-24)42-34-27(40)17-41-39(44-34)45-14-4-5-21(18-45)19-54-30-7-3-6-26-33(30)38(53)47(36(26)51)29-12-13-32(49)43-35(29)50/h3,6-8,11,15-17,21,24,29H,2,4-5,9-10,12-14,18-20H2,1H3,(H,41,42,44)(H,43,49,50)/t21-,29?/m0/s1. The van der Waals surface area contributed by atoms with Crippen LogP contribution in [0.15, 0.2) is 53.5 Å². The number of anilines is 3. The van der Waals surface area contributed by atoms with E-state index in [-0.39, 0.29) is 72.0 Å². The molecule has 55 heavy (non-hydrogen) atoms. The number of aromatic nitrogens is 3. The maximum absolute atomic E-state index is 13.5. The van der Waals surface area contributed by atoms with Crippen molar-refractivity contribution in [1.29, 1.82) is 0 Å². The predicted molar refractivity (Wildman–Crippen MR) is 201 cm³/mol. The Morgan fingerprint density at radius 1 is 1.00 bits per heavy atom. The lowest BCUT2D eigenvalue weighted by Gasteiger charge is -2.33. The summed E-state index contributed by atoms with van der Waals surface area (Å²) in [5, 5.41) is 6.59. The number of ether oxygens (including phenoxy) is 2. The lowest BCUT2D eigenvalue weighted by Crippen LogP contribution is -2.54. The van der Waals surface area contributed by atoms with Crippen molar-refractivity contribution in [2.45, 2.75) is 64.0 Å². The minimum Gasteiger partial charge on any atom is -0.492 e.